The fourth-order valence-electron chi connectivity index (χ4n) is 0.934. The lowest BCUT2D eigenvalue weighted by Crippen LogP contribution is -2.46. The van der Waals surface area contributed by atoms with Gasteiger partial charge in [0.2, 0.25) is 0 Å². The van der Waals surface area contributed by atoms with Gasteiger partial charge in [0.25, 0.3) is 5.91 Å². The van der Waals surface area contributed by atoms with E-state index in [9.17, 15) is 22.4 Å². The maximum Gasteiger partial charge on any atom is 0.383 e. The van der Waals surface area contributed by atoms with Gasteiger partial charge < -0.3 is 5.32 Å². The van der Waals surface area contributed by atoms with Crippen LogP contribution in [0.1, 0.15) is 0 Å². The van der Waals surface area contributed by atoms with E-state index >= 15 is 0 Å². The van der Waals surface area contributed by atoms with Crippen molar-refractivity contribution in [3.63, 3.8) is 0 Å². The van der Waals surface area contributed by atoms with Crippen LogP contribution in [0, 0.1) is 0 Å². The predicted octanol–water partition coefficient (Wildman–Crippen LogP) is 0.900. The highest BCUT2D eigenvalue weighted by molar-refractivity contribution is 5.83. The molecule has 0 aromatic carbocycles. The van der Waals surface area contributed by atoms with Crippen molar-refractivity contribution >= 4 is 5.91 Å². The van der Waals surface area contributed by atoms with Crippen LogP contribution in [0.2, 0.25) is 0 Å². The summed E-state index contributed by atoms with van der Waals surface area (Å²) in [4.78, 5) is 10.7. The molecule has 1 rings (SSSR count). The van der Waals surface area contributed by atoms with E-state index in [0.717, 1.165) is 0 Å². The Balaban J connectivity index is 2.36. The quantitative estimate of drug-likeness (QED) is 0.776. The van der Waals surface area contributed by atoms with Crippen molar-refractivity contribution in [3.05, 3.63) is 18.5 Å². The highest BCUT2D eigenvalue weighted by Crippen LogP contribution is 2.22. The van der Waals surface area contributed by atoms with Gasteiger partial charge in [-0.05, 0) is 6.07 Å². The van der Waals surface area contributed by atoms with Crippen LogP contribution in [-0.4, -0.2) is 34.6 Å². The number of carbonyl (C=O) groups excluding carboxylic acids is 1. The van der Waals surface area contributed by atoms with Crippen LogP contribution in [0.5, 0.6) is 0 Å². The van der Waals surface area contributed by atoms with E-state index in [-0.39, 0.29) is 13.1 Å². The second kappa shape index (κ2) is 4.95. The van der Waals surface area contributed by atoms with Crippen molar-refractivity contribution in [2.45, 2.75) is 18.9 Å². The summed E-state index contributed by atoms with van der Waals surface area (Å²) in [5.41, 5.74) is 0. The summed E-state index contributed by atoms with van der Waals surface area (Å²) < 4.78 is 49.7. The molecular formula is C8H9F4N3O. The number of aromatic nitrogens is 2. The van der Waals surface area contributed by atoms with Gasteiger partial charge in [0.15, 0.2) is 0 Å². The van der Waals surface area contributed by atoms with Crippen molar-refractivity contribution < 1.29 is 22.4 Å². The lowest BCUT2D eigenvalue weighted by atomic mass is 10.3. The third kappa shape index (κ3) is 2.94. The number of halogens is 4. The van der Waals surface area contributed by atoms with Gasteiger partial charge in [-0.15, -0.1) is 0 Å². The molecule has 0 radical (unpaired) electrons. The van der Waals surface area contributed by atoms with E-state index in [2.05, 4.69) is 5.10 Å². The zero-order valence-corrected chi connectivity index (χ0v) is 8.04. The topological polar surface area (TPSA) is 46.9 Å². The molecule has 0 unspecified atom stereocenters. The van der Waals surface area contributed by atoms with Gasteiger partial charge >= 0.3 is 12.3 Å². The molecule has 1 aromatic heterocycles. The molecule has 1 heterocycles. The molecule has 8 heteroatoms. The molecule has 0 aliphatic rings. The van der Waals surface area contributed by atoms with E-state index in [1.54, 1.807) is 17.6 Å². The van der Waals surface area contributed by atoms with Crippen LogP contribution in [-0.2, 0) is 11.3 Å². The Morgan fingerprint density at radius 3 is 2.69 bits per heavy atom. The molecule has 0 atom stereocenters. The molecule has 90 valence electrons. The van der Waals surface area contributed by atoms with Crippen LogP contribution in [0.25, 0.3) is 0 Å². The molecule has 0 bridgehead atoms. The summed E-state index contributed by atoms with van der Waals surface area (Å²) >= 11 is 0. The number of nitrogens with one attached hydrogen (secondary N) is 1. The van der Waals surface area contributed by atoms with Crippen molar-refractivity contribution in [1.29, 1.82) is 0 Å². The molecule has 1 N–H and O–H groups in total. The molecule has 1 aromatic rings. The first-order valence-electron chi connectivity index (χ1n) is 4.36. The first-order valence-corrected chi connectivity index (χ1v) is 4.36. The lowest BCUT2D eigenvalue weighted by Gasteiger charge is -2.14. The number of carbonyl (C=O) groups is 1. The van der Waals surface area contributed by atoms with Gasteiger partial charge in [-0.3, -0.25) is 9.48 Å². The Morgan fingerprint density at radius 2 is 2.19 bits per heavy atom. The molecule has 16 heavy (non-hydrogen) atoms. The van der Waals surface area contributed by atoms with Gasteiger partial charge in [0.05, 0.1) is 6.54 Å². The third-order valence-electron chi connectivity index (χ3n) is 1.76. The Kier molecular flexibility index (Phi) is 3.86. The first-order chi connectivity index (χ1) is 7.44. The van der Waals surface area contributed by atoms with Gasteiger partial charge in [0, 0.05) is 18.9 Å². The molecule has 4 nitrogen and oxygen atoms in total. The van der Waals surface area contributed by atoms with Crippen LogP contribution < -0.4 is 5.32 Å². The highest BCUT2D eigenvalue weighted by atomic mass is 19.3. The Labute approximate surface area is 88.2 Å². The normalized spacial score (nSPS) is 11.8. The fourth-order valence-corrected chi connectivity index (χ4v) is 0.934. The van der Waals surface area contributed by atoms with E-state index in [1.165, 1.54) is 10.9 Å². The van der Waals surface area contributed by atoms with Crippen molar-refractivity contribution in [2.75, 3.05) is 6.54 Å². The summed E-state index contributed by atoms with van der Waals surface area (Å²) in [7, 11) is 0. The average molecular weight is 239 g/mol. The average Bonchev–Trinajstić information content (AvgIpc) is 2.70. The van der Waals surface area contributed by atoms with Crippen LogP contribution in [0.15, 0.2) is 18.5 Å². The number of nitrogens with zero attached hydrogens (tertiary/aromatic N) is 2. The standard InChI is InChI=1S/C8H9F4N3O/c9-6(10)8(11,12)7(16)13-3-5-15-4-1-2-14-15/h1-2,4,6H,3,5H2,(H,13,16). The largest absolute Gasteiger partial charge is 0.383 e. The minimum Gasteiger partial charge on any atom is -0.349 e. The van der Waals surface area contributed by atoms with Crippen LogP contribution in [0.3, 0.4) is 0 Å². The summed E-state index contributed by atoms with van der Waals surface area (Å²) in [5.74, 6) is -6.63. The summed E-state index contributed by atoms with van der Waals surface area (Å²) in [6.07, 6.45) is -0.982. The Hall–Kier alpha value is -1.60. The molecular weight excluding hydrogens is 230 g/mol. The zero-order valence-electron chi connectivity index (χ0n) is 8.04. The molecule has 0 saturated carbocycles. The zero-order chi connectivity index (χ0) is 12.2. The van der Waals surface area contributed by atoms with Gasteiger partial charge in [-0.25, -0.2) is 8.78 Å². The fraction of sp³-hybridized carbons (Fsp3) is 0.500. The second-order valence-electron chi connectivity index (χ2n) is 2.95. The van der Waals surface area contributed by atoms with Gasteiger partial charge in [0.1, 0.15) is 0 Å². The lowest BCUT2D eigenvalue weighted by molar-refractivity contribution is -0.169. The third-order valence-corrected chi connectivity index (χ3v) is 1.76. The second-order valence-corrected chi connectivity index (χ2v) is 2.95. The number of amides is 1. The number of alkyl halides is 4. The monoisotopic (exact) mass is 239 g/mol. The highest BCUT2D eigenvalue weighted by Gasteiger charge is 2.48. The SMILES string of the molecule is O=C(NCCn1cccn1)C(F)(F)C(F)F. The smallest absolute Gasteiger partial charge is 0.349 e. The van der Waals surface area contributed by atoms with Crippen LogP contribution >= 0.6 is 0 Å². The molecule has 0 aliphatic carbocycles. The molecule has 0 fully saturated rings. The minimum atomic E-state index is -4.65. The Bertz CT molecular complexity index is 339. The minimum absolute atomic E-state index is 0.137. The molecule has 0 aliphatic heterocycles. The van der Waals surface area contributed by atoms with Crippen molar-refractivity contribution in [2.24, 2.45) is 0 Å². The summed E-state index contributed by atoms with van der Waals surface area (Å²) in [5, 5.41) is 5.45. The van der Waals surface area contributed by atoms with Crippen LogP contribution in [0.4, 0.5) is 17.6 Å². The van der Waals surface area contributed by atoms with E-state index in [4.69, 9.17) is 0 Å². The van der Waals surface area contributed by atoms with E-state index < -0.39 is 18.3 Å². The maximum atomic E-state index is 12.4. The van der Waals surface area contributed by atoms with Crippen molar-refractivity contribution in [1.82, 2.24) is 15.1 Å². The number of hydrogen-bond donors (Lipinski definition) is 1. The molecule has 0 saturated heterocycles. The van der Waals surface area contributed by atoms with Gasteiger partial charge in [-0.2, -0.15) is 13.9 Å². The molecule has 0 spiro atoms. The van der Waals surface area contributed by atoms with Gasteiger partial charge in [-0.1, -0.05) is 0 Å². The van der Waals surface area contributed by atoms with E-state index in [0.29, 0.717) is 0 Å². The first kappa shape index (κ1) is 12.5. The summed E-state index contributed by atoms with van der Waals surface area (Å²) in [6, 6.07) is 1.61. The Morgan fingerprint density at radius 1 is 1.50 bits per heavy atom. The molecule has 1 amide bonds. The van der Waals surface area contributed by atoms with Crippen molar-refractivity contribution in [3.8, 4) is 0 Å². The number of hydrogen-bond acceptors (Lipinski definition) is 2. The summed E-state index contributed by atoms with van der Waals surface area (Å²) in [6.45, 7) is -0.0547. The number of rotatable bonds is 5. The van der Waals surface area contributed by atoms with E-state index in [1.807, 2.05) is 0 Å². The maximum absolute atomic E-state index is 12.4. The predicted molar refractivity (Wildman–Crippen MR) is 46.2 cm³/mol.